The van der Waals surface area contributed by atoms with E-state index in [1.54, 1.807) is 11.0 Å². The van der Waals surface area contributed by atoms with Crippen molar-refractivity contribution in [2.45, 2.75) is 25.7 Å². The van der Waals surface area contributed by atoms with Crippen LogP contribution in [0.3, 0.4) is 0 Å². The summed E-state index contributed by atoms with van der Waals surface area (Å²) in [6, 6.07) is 10.2. The minimum absolute atomic E-state index is 0.0357. The highest BCUT2D eigenvalue weighted by Crippen LogP contribution is 2.25. The van der Waals surface area contributed by atoms with Crippen LogP contribution < -0.4 is 4.90 Å². The maximum absolute atomic E-state index is 12.9. The van der Waals surface area contributed by atoms with Gasteiger partial charge in [0, 0.05) is 24.1 Å². The fourth-order valence-electron chi connectivity index (χ4n) is 2.63. The molecular formula is C18H20ClNO3S. The lowest BCUT2D eigenvalue weighted by atomic mass is 10.1. The number of sulfone groups is 1. The molecule has 0 bridgehead atoms. The summed E-state index contributed by atoms with van der Waals surface area (Å²) in [6.45, 7) is 6.29. The van der Waals surface area contributed by atoms with E-state index in [9.17, 15) is 13.2 Å². The highest BCUT2D eigenvalue weighted by atomic mass is 35.5. The highest BCUT2D eigenvalue weighted by molar-refractivity contribution is 7.90. The van der Waals surface area contributed by atoms with Crippen molar-refractivity contribution < 1.29 is 13.2 Å². The molecule has 0 aliphatic carbocycles. The SMILES string of the molecule is CCN(C(=O)c1ccc(Cl)c(S(C)(=O)=O)c1)c1cc(C)cc(C)c1. The number of amides is 1. The molecule has 128 valence electrons. The van der Waals surface area contributed by atoms with E-state index in [1.165, 1.54) is 12.1 Å². The maximum atomic E-state index is 12.9. The number of hydrogen-bond donors (Lipinski definition) is 0. The number of carbonyl (C=O) groups is 1. The number of anilines is 1. The van der Waals surface area contributed by atoms with Gasteiger partial charge >= 0.3 is 0 Å². The minimum Gasteiger partial charge on any atom is -0.309 e. The number of benzene rings is 2. The molecule has 2 aromatic carbocycles. The zero-order chi connectivity index (χ0) is 18.1. The number of hydrogen-bond acceptors (Lipinski definition) is 3. The zero-order valence-electron chi connectivity index (χ0n) is 14.1. The van der Waals surface area contributed by atoms with Gasteiger partial charge in [-0.25, -0.2) is 8.42 Å². The van der Waals surface area contributed by atoms with Gasteiger partial charge in [0.25, 0.3) is 5.91 Å². The molecule has 0 saturated carbocycles. The van der Waals surface area contributed by atoms with E-state index >= 15 is 0 Å². The average molecular weight is 366 g/mol. The molecule has 2 aromatic rings. The molecule has 6 heteroatoms. The van der Waals surface area contributed by atoms with Gasteiger partial charge in [0.15, 0.2) is 9.84 Å². The van der Waals surface area contributed by atoms with E-state index in [0.717, 1.165) is 23.1 Å². The Hall–Kier alpha value is -1.85. The summed E-state index contributed by atoms with van der Waals surface area (Å²) in [5.41, 5.74) is 3.20. The standard InChI is InChI=1S/C18H20ClNO3S/c1-5-20(15-9-12(2)8-13(3)10-15)18(21)14-6-7-16(19)17(11-14)24(4,22)23/h6-11H,5H2,1-4H3. The number of carbonyl (C=O) groups excluding carboxylic acids is 1. The molecule has 0 atom stereocenters. The van der Waals surface area contributed by atoms with Crippen LogP contribution in [0, 0.1) is 13.8 Å². The molecule has 2 rings (SSSR count). The average Bonchev–Trinajstić information content (AvgIpc) is 2.46. The Morgan fingerprint density at radius 2 is 1.67 bits per heavy atom. The van der Waals surface area contributed by atoms with Crippen LogP contribution in [0.4, 0.5) is 5.69 Å². The molecule has 1 amide bonds. The van der Waals surface area contributed by atoms with Gasteiger partial charge in [-0.05, 0) is 62.2 Å². The molecule has 4 nitrogen and oxygen atoms in total. The zero-order valence-corrected chi connectivity index (χ0v) is 15.7. The van der Waals surface area contributed by atoms with Gasteiger partial charge in [0.2, 0.25) is 0 Å². The van der Waals surface area contributed by atoms with Crippen molar-refractivity contribution in [1.82, 2.24) is 0 Å². The second-order valence-electron chi connectivity index (χ2n) is 5.81. The van der Waals surface area contributed by atoms with Gasteiger partial charge in [-0.2, -0.15) is 0 Å². The third-order valence-electron chi connectivity index (χ3n) is 3.66. The second kappa shape index (κ2) is 6.95. The Balaban J connectivity index is 2.49. The fraction of sp³-hybridized carbons (Fsp3) is 0.278. The summed E-state index contributed by atoms with van der Waals surface area (Å²) in [6.07, 6.45) is 1.07. The van der Waals surface area contributed by atoms with Crippen molar-refractivity contribution >= 4 is 33.0 Å². The van der Waals surface area contributed by atoms with Crippen LogP contribution in [0.2, 0.25) is 5.02 Å². The Bertz CT molecular complexity index is 871. The third kappa shape index (κ3) is 3.97. The van der Waals surface area contributed by atoms with E-state index in [4.69, 9.17) is 11.6 Å². The van der Waals surface area contributed by atoms with Gasteiger partial charge in [-0.15, -0.1) is 0 Å². The molecule has 24 heavy (non-hydrogen) atoms. The second-order valence-corrected chi connectivity index (χ2v) is 8.20. The van der Waals surface area contributed by atoms with Gasteiger partial charge < -0.3 is 4.90 Å². The molecule has 0 radical (unpaired) electrons. The third-order valence-corrected chi connectivity index (χ3v) is 5.24. The van der Waals surface area contributed by atoms with Crippen LogP contribution in [-0.2, 0) is 9.84 Å². The van der Waals surface area contributed by atoms with E-state index in [-0.39, 0.29) is 15.8 Å². The molecule has 0 unspecified atom stereocenters. The van der Waals surface area contributed by atoms with Crippen molar-refractivity contribution in [3.63, 3.8) is 0 Å². The van der Waals surface area contributed by atoms with Crippen LogP contribution in [0.1, 0.15) is 28.4 Å². The summed E-state index contributed by atoms with van der Waals surface area (Å²) in [5, 5.41) is 0.114. The van der Waals surface area contributed by atoms with E-state index in [0.29, 0.717) is 12.1 Å². The van der Waals surface area contributed by atoms with Crippen LogP contribution in [0.15, 0.2) is 41.3 Å². The first kappa shape index (κ1) is 18.5. The molecule has 0 saturated heterocycles. The smallest absolute Gasteiger partial charge is 0.258 e. The molecule has 0 aliphatic rings. The summed E-state index contributed by atoms with van der Waals surface area (Å²) in [7, 11) is -3.50. The van der Waals surface area contributed by atoms with Gasteiger partial charge in [0.1, 0.15) is 0 Å². The predicted octanol–water partition coefficient (Wildman–Crippen LogP) is 4.03. The van der Waals surface area contributed by atoms with Crippen molar-refractivity contribution in [3.05, 3.63) is 58.1 Å². The van der Waals surface area contributed by atoms with E-state index in [2.05, 4.69) is 0 Å². The lowest BCUT2D eigenvalue weighted by molar-refractivity contribution is 0.0988. The van der Waals surface area contributed by atoms with E-state index < -0.39 is 9.84 Å². The molecular weight excluding hydrogens is 346 g/mol. The first-order valence-corrected chi connectivity index (χ1v) is 9.80. The number of rotatable bonds is 4. The van der Waals surface area contributed by atoms with Crippen molar-refractivity contribution in [2.24, 2.45) is 0 Å². The van der Waals surface area contributed by atoms with Crippen LogP contribution in [-0.4, -0.2) is 27.1 Å². The van der Waals surface area contributed by atoms with E-state index in [1.807, 2.05) is 39.0 Å². The Kier molecular flexibility index (Phi) is 5.35. The largest absolute Gasteiger partial charge is 0.309 e. The molecule has 0 aliphatic heterocycles. The van der Waals surface area contributed by atoms with Crippen molar-refractivity contribution in [1.29, 1.82) is 0 Å². The van der Waals surface area contributed by atoms with Crippen LogP contribution in [0.5, 0.6) is 0 Å². The molecule has 0 heterocycles. The fourth-order valence-corrected chi connectivity index (χ4v) is 3.93. The van der Waals surface area contributed by atoms with Gasteiger partial charge in [-0.3, -0.25) is 4.79 Å². The van der Waals surface area contributed by atoms with Gasteiger partial charge in [-0.1, -0.05) is 17.7 Å². The molecule has 0 N–H and O–H groups in total. The summed E-state index contributed by atoms with van der Waals surface area (Å²) in [5.74, 6) is -0.260. The Morgan fingerprint density at radius 3 is 2.17 bits per heavy atom. The normalized spacial score (nSPS) is 11.4. The van der Waals surface area contributed by atoms with Crippen LogP contribution >= 0.6 is 11.6 Å². The molecule has 0 spiro atoms. The Labute approximate surface area is 148 Å². The van der Waals surface area contributed by atoms with Crippen LogP contribution in [0.25, 0.3) is 0 Å². The topological polar surface area (TPSA) is 54.5 Å². The molecule has 0 fully saturated rings. The summed E-state index contributed by atoms with van der Waals surface area (Å²) in [4.78, 5) is 14.5. The van der Waals surface area contributed by atoms with Crippen molar-refractivity contribution in [3.8, 4) is 0 Å². The number of nitrogens with zero attached hydrogens (tertiary/aromatic N) is 1. The number of aryl methyl sites for hydroxylation is 2. The summed E-state index contributed by atoms with van der Waals surface area (Å²) < 4.78 is 23.6. The maximum Gasteiger partial charge on any atom is 0.258 e. The summed E-state index contributed by atoms with van der Waals surface area (Å²) >= 11 is 5.95. The molecule has 0 aromatic heterocycles. The number of halogens is 1. The minimum atomic E-state index is -3.50. The lowest BCUT2D eigenvalue weighted by Gasteiger charge is -2.22. The predicted molar refractivity (Wildman–Crippen MR) is 97.8 cm³/mol. The van der Waals surface area contributed by atoms with Crippen molar-refractivity contribution in [2.75, 3.05) is 17.7 Å². The first-order valence-electron chi connectivity index (χ1n) is 7.53. The quantitative estimate of drug-likeness (QED) is 0.822. The lowest BCUT2D eigenvalue weighted by Crippen LogP contribution is -2.30. The first-order chi connectivity index (χ1) is 11.1. The van der Waals surface area contributed by atoms with Gasteiger partial charge in [0.05, 0.1) is 9.92 Å². The Morgan fingerprint density at radius 1 is 1.08 bits per heavy atom. The monoisotopic (exact) mass is 365 g/mol. The highest BCUT2D eigenvalue weighted by Gasteiger charge is 2.20.